The number of nitrogens with zero attached hydrogens (tertiary/aromatic N) is 1. The maximum atomic E-state index is 10.2. The van der Waals surface area contributed by atoms with Crippen molar-refractivity contribution in [1.29, 1.82) is 0 Å². The van der Waals surface area contributed by atoms with Crippen molar-refractivity contribution in [3.63, 3.8) is 0 Å². The minimum absolute atomic E-state index is 0.267. The second-order valence-corrected chi connectivity index (χ2v) is 3.18. The van der Waals surface area contributed by atoms with Crippen LogP contribution in [0.25, 0.3) is 0 Å². The first-order chi connectivity index (χ1) is 5.70. The third-order valence-electron chi connectivity index (χ3n) is 2.23. The summed E-state index contributed by atoms with van der Waals surface area (Å²) < 4.78 is 0. The lowest BCUT2D eigenvalue weighted by atomic mass is 10.2. The van der Waals surface area contributed by atoms with Gasteiger partial charge >= 0.3 is 5.97 Å². The summed E-state index contributed by atoms with van der Waals surface area (Å²) in [6, 6.07) is 0.267. The van der Waals surface area contributed by atoms with E-state index in [0.717, 1.165) is 13.1 Å². The summed E-state index contributed by atoms with van der Waals surface area (Å²) >= 11 is 0. The lowest BCUT2D eigenvalue weighted by Crippen LogP contribution is -2.28. The predicted molar refractivity (Wildman–Crippen MR) is 47.0 cm³/mol. The molecule has 0 aromatic carbocycles. The molecule has 1 heterocycles. The van der Waals surface area contributed by atoms with Crippen molar-refractivity contribution in [2.24, 2.45) is 0 Å². The van der Waals surface area contributed by atoms with Gasteiger partial charge in [0.05, 0.1) is 0 Å². The van der Waals surface area contributed by atoms with E-state index in [1.807, 2.05) is 6.92 Å². The van der Waals surface area contributed by atoms with E-state index in [0.29, 0.717) is 0 Å². The molecule has 1 rings (SSSR count). The van der Waals surface area contributed by atoms with Gasteiger partial charge in [0.25, 0.3) is 0 Å². The minimum atomic E-state index is -0.860. The lowest BCUT2D eigenvalue weighted by Gasteiger charge is -2.19. The molecule has 0 amide bonds. The van der Waals surface area contributed by atoms with Crippen LogP contribution in [-0.4, -0.2) is 35.1 Å². The molecule has 0 unspecified atom stereocenters. The molecule has 1 N–H and O–H groups in total. The molecular weight excluding hydrogens is 154 g/mol. The first kappa shape index (κ1) is 9.26. The fraction of sp³-hybridized carbons (Fsp3) is 0.667. The van der Waals surface area contributed by atoms with Gasteiger partial charge < -0.3 is 5.11 Å². The van der Waals surface area contributed by atoms with Gasteiger partial charge in [0.2, 0.25) is 0 Å². The molecule has 1 aliphatic heterocycles. The van der Waals surface area contributed by atoms with Crippen molar-refractivity contribution in [2.75, 3.05) is 13.1 Å². The van der Waals surface area contributed by atoms with E-state index >= 15 is 0 Å². The van der Waals surface area contributed by atoms with Crippen molar-refractivity contribution in [3.8, 4) is 0 Å². The number of likely N-dealkylation sites (tertiary alicyclic amines) is 1. The first-order valence-corrected chi connectivity index (χ1v) is 4.35. The number of carboxylic acid groups (broad SMARTS) is 1. The van der Waals surface area contributed by atoms with Gasteiger partial charge in [-0.3, -0.25) is 4.90 Å². The van der Waals surface area contributed by atoms with Crippen molar-refractivity contribution >= 4 is 5.97 Å². The zero-order valence-corrected chi connectivity index (χ0v) is 7.36. The highest BCUT2D eigenvalue weighted by Gasteiger charge is 2.15. The molecule has 1 saturated heterocycles. The molecule has 0 bridgehead atoms. The summed E-state index contributed by atoms with van der Waals surface area (Å²) in [5.74, 6) is -0.860. The maximum Gasteiger partial charge on any atom is 0.328 e. The summed E-state index contributed by atoms with van der Waals surface area (Å²) in [5.41, 5.74) is 0. The van der Waals surface area contributed by atoms with Crippen molar-refractivity contribution in [3.05, 3.63) is 12.2 Å². The van der Waals surface area contributed by atoms with Crippen LogP contribution in [0.5, 0.6) is 0 Å². The van der Waals surface area contributed by atoms with Crippen LogP contribution in [0.15, 0.2) is 12.2 Å². The summed E-state index contributed by atoms with van der Waals surface area (Å²) in [5, 5.41) is 8.40. The van der Waals surface area contributed by atoms with Gasteiger partial charge in [0.1, 0.15) is 0 Å². The molecule has 0 aromatic rings. The topological polar surface area (TPSA) is 40.5 Å². The highest BCUT2D eigenvalue weighted by Crippen LogP contribution is 2.11. The zero-order chi connectivity index (χ0) is 8.97. The van der Waals surface area contributed by atoms with Crippen LogP contribution in [0.3, 0.4) is 0 Å². The van der Waals surface area contributed by atoms with Crippen LogP contribution in [0, 0.1) is 0 Å². The minimum Gasteiger partial charge on any atom is -0.478 e. The molecule has 0 radical (unpaired) electrons. The van der Waals surface area contributed by atoms with Gasteiger partial charge in [-0.2, -0.15) is 0 Å². The lowest BCUT2D eigenvalue weighted by molar-refractivity contribution is -0.131. The molecule has 1 atom stereocenters. The maximum absolute atomic E-state index is 10.2. The molecule has 0 spiro atoms. The first-order valence-electron chi connectivity index (χ1n) is 4.35. The summed E-state index contributed by atoms with van der Waals surface area (Å²) in [6.45, 7) is 4.24. The number of aliphatic carboxylic acids is 1. The third-order valence-corrected chi connectivity index (χ3v) is 2.23. The standard InChI is InChI=1S/C9H15NO2/c1-8(4-5-9(11)12)10-6-2-3-7-10/h4-5,8H,2-3,6-7H2,1H3,(H,11,12)/b5-4+/t8-/m1/s1. The quantitative estimate of drug-likeness (QED) is 0.643. The largest absolute Gasteiger partial charge is 0.478 e. The van der Waals surface area contributed by atoms with E-state index in [-0.39, 0.29) is 6.04 Å². The van der Waals surface area contributed by atoms with Gasteiger partial charge in [0, 0.05) is 12.1 Å². The second kappa shape index (κ2) is 4.26. The Morgan fingerprint density at radius 3 is 2.58 bits per heavy atom. The molecule has 1 aliphatic rings. The van der Waals surface area contributed by atoms with Crippen molar-refractivity contribution in [2.45, 2.75) is 25.8 Å². The van der Waals surface area contributed by atoms with Crippen LogP contribution >= 0.6 is 0 Å². The number of hydrogen-bond donors (Lipinski definition) is 1. The number of rotatable bonds is 3. The predicted octanol–water partition coefficient (Wildman–Crippen LogP) is 1.11. The Kier molecular flexibility index (Phi) is 3.29. The smallest absolute Gasteiger partial charge is 0.328 e. The molecular formula is C9H15NO2. The summed E-state index contributed by atoms with van der Waals surface area (Å²) in [6.07, 6.45) is 5.45. The number of carboxylic acids is 1. The molecule has 0 saturated carbocycles. The molecule has 12 heavy (non-hydrogen) atoms. The SMILES string of the molecule is C[C@H](/C=C/C(=O)O)N1CCCC1. The Morgan fingerprint density at radius 1 is 1.50 bits per heavy atom. The molecule has 0 aliphatic carbocycles. The van der Waals surface area contributed by atoms with E-state index in [4.69, 9.17) is 5.11 Å². The summed E-state index contributed by atoms with van der Waals surface area (Å²) in [4.78, 5) is 12.5. The Labute approximate surface area is 72.7 Å². The van der Waals surface area contributed by atoms with E-state index < -0.39 is 5.97 Å². The van der Waals surface area contributed by atoms with Crippen LogP contribution < -0.4 is 0 Å². The van der Waals surface area contributed by atoms with Crippen LogP contribution in [0.4, 0.5) is 0 Å². The van der Waals surface area contributed by atoms with E-state index in [9.17, 15) is 4.79 Å². The van der Waals surface area contributed by atoms with Gasteiger partial charge in [-0.1, -0.05) is 6.08 Å². The van der Waals surface area contributed by atoms with Gasteiger partial charge in [-0.25, -0.2) is 4.79 Å². The summed E-state index contributed by atoms with van der Waals surface area (Å²) in [7, 11) is 0. The zero-order valence-electron chi connectivity index (χ0n) is 7.36. The van der Waals surface area contributed by atoms with E-state index in [1.165, 1.54) is 18.9 Å². The second-order valence-electron chi connectivity index (χ2n) is 3.18. The Balaban J connectivity index is 2.36. The Morgan fingerprint density at radius 2 is 2.08 bits per heavy atom. The van der Waals surface area contributed by atoms with E-state index in [1.54, 1.807) is 6.08 Å². The average Bonchev–Trinajstić information content (AvgIpc) is 2.51. The fourth-order valence-corrected chi connectivity index (χ4v) is 1.49. The van der Waals surface area contributed by atoms with Crippen LogP contribution in [0.1, 0.15) is 19.8 Å². The van der Waals surface area contributed by atoms with E-state index in [2.05, 4.69) is 4.90 Å². The third kappa shape index (κ3) is 2.66. The van der Waals surface area contributed by atoms with Crippen molar-refractivity contribution in [1.82, 2.24) is 4.90 Å². The molecule has 3 nitrogen and oxygen atoms in total. The molecule has 0 aromatic heterocycles. The van der Waals surface area contributed by atoms with Crippen LogP contribution in [-0.2, 0) is 4.79 Å². The Bertz CT molecular complexity index is 183. The Hall–Kier alpha value is -0.830. The normalized spacial score (nSPS) is 21.8. The fourth-order valence-electron chi connectivity index (χ4n) is 1.49. The van der Waals surface area contributed by atoms with Crippen molar-refractivity contribution < 1.29 is 9.90 Å². The molecule has 68 valence electrons. The highest BCUT2D eigenvalue weighted by atomic mass is 16.4. The average molecular weight is 169 g/mol. The van der Waals surface area contributed by atoms with Gasteiger partial charge in [-0.05, 0) is 32.9 Å². The van der Waals surface area contributed by atoms with Crippen LogP contribution in [0.2, 0.25) is 0 Å². The molecule has 3 heteroatoms. The van der Waals surface area contributed by atoms with Gasteiger partial charge in [0.15, 0.2) is 0 Å². The highest BCUT2D eigenvalue weighted by molar-refractivity contribution is 5.79. The molecule has 1 fully saturated rings. The number of hydrogen-bond acceptors (Lipinski definition) is 2. The van der Waals surface area contributed by atoms with Gasteiger partial charge in [-0.15, -0.1) is 0 Å². The number of carbonyl (C=O) groups is 1. The monoisotopic (exact) mass is 169 g/mol.